The molecule has 0 fully saturated rings. The average Bonchev–Trinajstić information content (AvgIpc) is 2.68. The summed E-state index contributed by atoms with van der Waals surface area (Å²) in [5, 5.41) is 13.4. The maximum atomic E-state index is 12.8. The molecule has 0 aromatic heterocycles. The predicted molar refractivity (Wildman–Crippen MR) is 123 cm³/mol. The van der Waals surface area contributed by atoms with Gasteiger partial charge in [-0.2, -0.15) is 8.42 Å². The molecule has 2 rings (SSSR count). The van der Waals surface area contributed by atoms with E-state index >= 15 is 0 Å². The van der Waals surface area contributed by atoms with Crippen LogP contribution in [-0.4, -0.2) is 19.4 Å². The summed E-state index contributed by atoms with van der Waals surface area (Å²) < 4.78 is 30.7. The molecule has 1 N–H and O–H groups in total. The molecule has 0 saturated carbocycles. The Kier molecular flexibility index (Phi) is 8.03. The Balaban J connectivity index is 2.32. The number of nitrogens with zero attached hydrogens (tertiary/aromatic N) is 1. The Bertz CT molecular complexity index is 1020. The Labute approximate surface area is 186 Å². The van der Waals surface area contributed by atoms with Gasteiger partial charge in [-0.25, -0.2) is 4.89 Å². The zero-order valence-electron chi connectivity index (χ0n) is 19.4. The lowest BCUT2D eigenvalue weighted by Gasteiger charge is -2.31. The highest BCUT2D eigenvalue weighted by Gasteiger charge is 2.30. The number of oxime groups is 1. The molecule has 31 heavy (non-hydrogen) atoms. The van der Waals surface area contributed by atoms with E-state index in [0.29, 0.717) is 23.3 Å². The van der Waals surface area contributed by atoms with E-state index in [1.807, 2.05) is 71.0 Å². The van der Waals surface area contributed by atoms with E-state index in [-0.39, 0.29) is 10.3 Å². The van der Waals surface area contributed by atoms with E-state index in [4.69, 9.17) is 9.17 Å². The van der Waals surface area contributed by atoms with Crippen molar-refractivity contribution in [3.8, 4) is 0 Å². The van der Waals surface area contributed by atoms with Crippen LogP contribution in [0.25, 0.3) is 0 Å². The number of rotatable bonds is 9. The first-order chi connectivity index (χ1) is 14.5. The van der Waals surface area contributed by atoms with Crippen molar-refractivity contribution in [2.24, 2.45) is 10.6 Å². The Morgan fingerprint density at radius 2 is 1.61 bits per heavy atom. The molecule has 6 nitrogen and oxygen atoms in total. The molecule has 2 aromatic carbocycles. The van der Waals surface area contributed by atoms with Crippen LogP contribution in [0.5, 0.6) is 0 Å². The molecular formula is C24H33NO5S. The van der Waals surface area contributed by atoms with Crippen LogP contribution in [0, 0.1) is 26.2 Å². The van der Waals surface area contributed by atoms with Gasteiger partial charge in [-0.05, 0) is 61.3 Å². The molecule has 0 saturated heterocycles. The lowest BCUT2D eigenvalue weighted by molar-refractivity contribution is -0.305. The van der Waals surface area contributed by atoms with Crippen molar-refractivity contribution in [1.82, 2.24) is 0 Å². The fourth-order valence-corrected chi connectivity index (χ4v) is 4.87. The number of benzene rings is 2. The van der Waals surface area contributed by atoms with Crippen LogP contribution in [0.3, 0.4) is 0 Å². The van der Waals surface area contributed by atoms with Gasteiger partial charge in [-0.1, -0.05) is 74.8 Å². The van der Waals surface area contributed by atoms with Crippen molar-refractivity contribution in [2.75, 3.05) is 0 Å². The molecule has 0 aliphatic heterocycles. The molecule has 0 spiro atoms. The second-order valence-electron chi connectivity index (χ2n) is 8.60. The summed E-state index contributed by atoms with van der Waals surface area (Å²) in [6, 6.07) is 11.0. The highest BCUT2D eigenvalue weighted by atomic mass is 32.2. The molecule has 0 aliphatic carbocycles. The second kappa shape index (κ2) is 9.94. The molecule has 0 heterocycles. The molecular weight excluding hydrogens is 414 g/mol. The number of aryl methyl sites for hydroxylation is 3. The lowest BCUT2D eigenvalue weighted by Crippen LogP contribution is -2.23. The van der Waals surface area contributed by atoms with Crippen molar-refractivity contribution in [1.29, 1.82) is 0 Å². The standard InChI is InChI=1S/C24H33NO5S/c1-8-21(19-10-12-20(13-11-19)23(29-26)24(6,7)9-2)25-30-31(27,28)22-17(4)14-16(3)15-18(22)5/h10-15,23,26H,8-9H2,1-7H3. The van der Waals surface area contributed by atoms with E-state index in [1.165, 1.54) is 0 Å². The molecule has 1 atom stereocenters. The summed E-state index contributed by atoms with van der Waals surface area (Å²) >= 11 is 0. The summed E-state index contributed by atoms with van der Waals surface area (Å²) in [4.78, 5) is 4.91. The topological polar surface area (TPSA) is 85.2 Å². The molecule has 1 unspecified atom stereocenters. The smallest absolute Gasteiger partial charge is 0.264 e. The first kappa shape index (κ1) is 25.0. The normalized spacial score (nSPS) is 13.9. The van der Waals surface area contributed by atoms with Crippen LogP contribution in [-0.2, 0) is 19.3 Å². The zero-order chi connectivity index (χ0) is 23.4. The molecule has 0 aliphatic rings. The number of hydrogen-bond donors (Lipinski definition) is 1. The maximum absolute atomic E-state index is 12.8. The summed E-state index contributed by atoms with van der Waals surface area (Å²) in [6.45, 7) is 13.4. The third-order valence-electron chi connectivity index (χ3n) is 5.71. The minimum Gasteiger partial charge on any atom is -0.264 e. The van der Waals surface area contributed by atoms with Gasteiger partial charge in [-0.15, -0.1) is 0 Å². The minimum absolute atomic E-state index is 0.150. The molecule has 0 bridgehead atoms. The van der Waals surface area contributed by atoms with E-state index in [0.717, 1.165) is 23.1 Å². The first-order valence-electron chi connectivity index (χ1n) is 10.5. The molecule has 0 radical (unpaired) electrons. The highest BCUT2D eigenvalue weighted by molar-refractivity contribution is 7.86. The van der Waals surface area contributed by atoms with Gasteiger partial charge in [0.2, 0.25) is 0 Å². The third-order valence-corrected chi connectivity index (χ3v) is 7.12. The fraction of sp³-hybridized carbons (Fsp3) is 0.458. The van der Waals surface area contributed by atoms with Crippen LogP contribution in [0.4, 0.5) is 0 Å². The SMILES string of the molecule is CCC(=NOS(=O)(=O)c1c(C)cc(C)cc1C)c1ccc(C(OO)C(C)(C)CC)cc1. The van der Waals surface area contributed by atoms with Crippen molar-refractivity contribution in [2.45, 2.75) is 72.3 Å². The third kappa shape index (κ3) is 5.73. The summed E-state index contributed by atoms with van der Waals surface area (Å²) in [7, 11) is -4.04. The second-order valence-corrected chi connectivity index (χ2v) is 10.1. The molecule has 7 heteroatoms. The first-order valence-corrected chi connectivity index (χ1v) is 11.9. The van der Waals surface area contributed by atoms with Crippen LogP contribution >= 0.6 is 0 Å². The molecule has 0 amide bonds. The zero-order valence-corrected chi connectivity index (χ0v) is 20.2. The van der Waals surface area contributed by atoms with Gasteiger partial charge in [-0.3, -0.25) is 9.54 Å². The number of hydrogen-bond acceptors (Lipinski definition) is 6. The monoisotopic (exact) mass is 447 g/mol. The Morgan fingerprint density at radius 3 is 2.06 bits per heavy atom. The van der Waals surface area contributed by atoms with E-state index in [2.05, 4.69) is 5.16 Å². The molecule has 2 aromatic rings. The van der Waals surface area contributed by atoms with E-state index in [1.54, 1.807) is 13.8 Å². The summed E-state index contributed by atoms with van der Waals surface area (Å²) in [6.07, 6.45) is 0.837. The fourth-order valence-electron chi connectivity index (χ4n) is 3.70. The van der Waals surface area contributed by atoms with Crippen LogP contribution in [0.15, 0.2) is 46.4 Å². The van der Waals surface area contributed by atoms with Gasteiger partial charge < -0.3 is 0 Å². The van der Waals surface area contributed by atoms with E-state index < -0.39 is 16.2 Å². The summed E-state index contributed by atoms with van der Waals surface area (Å²) in [5.41, 5.74) is 4.07. The average molecular weight is 448 g/mol. The van der Waals surface area contributed by atoms with Crippen LogP contribution in [0.2, 0.25) is 0 Å². The molecule has 170 valence electrons. The van der Waals surface area contributed by atoms with Gasteiger partial charge in [0.15, 0.2) is 0 Å². The predicted octanol–water partition coefficient (Wildman–Crippen LogP) is 6.10. The van der Waals surface area contributed by atoms with Gasteiger partial charge in [0.1, 0.15) is 11.0 Å². The van der Waals surface area contributed by atoms with Crippen LogP contribution < -0.4 is 0 Å². The van der Waals surface area contributed by atoms with Crippen molar-refractivity contribution in [3.05, 3.63) is 64.2 Å². The maximum Gasteiger partial charge on any atom is 0.359 e. The Hall–Kier alpha value is -2.22. The largest absolute Gasteiger partial charge is 0.359 e. The summed E-state index contributed by atoms with van der Waals surface area (Å²) in [5.74, 6) is 0. The highest BCUT2D eigenvalue weighted by Crippen LogP contribution is 2.38. The van der Waals surface area contributed by atoms with Crippen molar-refractivity contribution in [3.63, 3.8) is 0 Å². The van der Waals surface area contributed by atoms with Crippen LogP contribution in [0.1, 0.15) is 74.5 Å². The van der Waals surface area contributed by atoms with Crippen molar-refractivity contribution >= 4 is 15.8 Å². The van der Waals surface area contributed by atoms with Gasteiger partial charge >= 0.3 is 10.1 Å². The van der Waals surface area contributed by atoms with E-state index in [9.17, 15) is 13.7 Å². The van der Waals surface area contributed by atoms with Gasteiger partial charge in [0, 0.05) is 0 Å². The quantitative estimate of drug-likeness (QED) is 0.285. The van der Waals surface area contributed by atoms with Gasteiger partial charge in [0.05, 0.1) is 5.71 Å². The van der Waals surface area contributed by atoms with Gasteiger partial charge in [0.25, 0.3) is 0 Å². The minimum atomic E-state index is -4.04. The van der Waals surface area contributed by atoms with Crippen molar-refractivity contribution < 1.29 is 22.8 Å². The lowest BCUT2D eigenvalue weighted by atomic mass is 9.80. The Morgan fingerprint density at radius 1 is 1.06 bits per heavy atom.